The molecule has 22 N–H and O–H groups in total. The van der Waals surface area contributed by atoms with Gasteiger partial charge in [0.05, 0.1) is 17.9 Å². The van der Waals surface area contributed by atoms with Gasteiger partial charge in [0.15, 0.2) is 11.7 Å². The molecule has 0 aromatic heterocycles. The monoisotopic (exact) mass is 1480 g/mol. The lowest BCUT2D eigenvalue weighted by Crippen LogP contribution is -2.62. The molecule has 12 amide bonds. The molecule has 0 saturated heterocycles. The van der Waals surface area contributed by atoms with Gasteiger partial charge in [-0.15, -0.1) is 0 Å². The number of Topliss-reactive ketones (excluding diaryl/α,β-unsaturated/α-hetero) is 1. The molecule has 584 valence electrons. The summed E-state index contributed by atoms with van der Waals surface area (Å²) in [5, 5.41) is 46.0. The summed E-state index contributed by atoms with van der Waals surface area (Å²) in [6, 6.07) is -13.2. The highest BCUT2D eigenvalue weighted by Gasteiger charge is 2.43. The SMILES string of the molecule is CC[C@H](C)[C@@H]1NC(=O)[C@H](CCCN=C(N)N)NC(=O)[C@H](CCC(=O)O)NC(=O)[C@](C)(NC(C)=O)CCCCCCC=CCCC[C@@](C)(C(=O)N[C@@H](CC(N)=O)C(=O)N[C@@H](CC(C)C)C(=O)N[C@@H](CCSC)C(N)=O)CC(=O)[C@H](CC(C)C)NC(=O)[C@H](CCC(=O)O)NC(=O)[C@H](CCCCN)NC1=O. The summed E-state index contributed by atoms with van der Waals surface area (Å²) >= 11 is 1.42. The molecule has 0 aromatic carbocycles. The molecule has 1 aliphatic heterocycles. The second kappa shape index (κ2) is 48.5. The van der Waals surface area contributed by atoms with Crippen LogP contribution in [-0.2, 0) is 71.9 Å². The van der Waals surface area contributed by atoms with Crippen LogP contribution in [0.4, 0.5) is 0 Å². The third-order valence-electron chi connectivity index (χ3n) is 17.7. The highest BCUT2D eigenvalue weighted by molar-refractivity contribution is 7.98. The van der Waals surface area contributed by atoms with Gasteiger partial charge in [-0.25, -0.2) is 0 Å². The molecule has 12 atom stereocenters. The molecule has 0 aliphatic carbocycles. The van der Waals surface area contributed by atoms with Crippen LogP contribution in [-0.4, -0.2) is 190 Å². The minimum absolute atomic E-state index is 0.0300. The number of hydrogen-bond donors (Lipinski definition) is 17. The molecule has 0 saturated carbocycles. The molecule has 33 nitrogen and oxygen atoms in total. The molecule has 0 fully saturated rings. The van der Waals surface area contributed by atoms with Gasteiger partial charge in [-0.3, -0.25) is 76.9 Å². The lowest BCUT2D eigenvalue weighted by Gasteiger charge is -2.32. The van der Waals surface area contributed by atoms with Crippen LogP contribution in [0.2, 0.25) is 0 Å². The molecule has 0 spiro atoms. The largest absolute Gasteiger partial charge is 0.481 e. The van der Waals surface area contributed by atoms with Gasteiger partial charge >= 0.3 is 11.9 Å². The van der Waals surface area contributed by atoms with Crippen molar-refractivity contribution in [2.24, 2.45) is 56.8 Å². The summed E-state index contributed by atoms with van der Waals surface area (Å²) in [7, 11) is 0. The minimum atomic E-state index is -1.72. The van der Waals surface area contributed by atoms with E-state index in [1.54, 1.807) is 47.8 Å². The number of nitrogens with two attached hydrogens (primary N) is 5. The Kier molecular flexibility index (Phi) is 43.6. The van der Waals surface area contributed by atoms with Crippen molar-refractivity contribution >= 4 is 106 Å². The second-order valence-corrected chi connectivity index (χ2v) is 29.0. The molecular formula is C69H120N16O17S. The normalized spacial score (nSPS) is 23.4. The number of guanidine groups is 1. The summed E-state index contributed by atoms with van der Waals surface area (Å²) < 4.78 is 0. The van der Waals surface area contributed by atoms with Gasteiger partial charge < -0.3 is 92.0 Å². The van der Waals surface area contributed by atoms with Crippen molar-refractivity contribution in [1.82, 2.24) is 53.2 Å². The van der Waals surface area contributed by atoms with Crippen LogP contribution in [0, 0.1) is 23.2 Å². The fourth-order valence-corrected chi connectivity index (χ4v) is 12.0. The van der Waals surface area contributed by atoms with E-state index in [2.05, 4.69) is 58.2 Å². The van der Waals surface area contributed by atoms with Crippen molar-refractivity contribution in [3.05, 3.63) is 12.2 Å². The zero-order valence-electron chi connectivity index (χ0n) is 61.9. The average molecular weight is 1480 g/mol. The highest BCUT2D eigenvalue weighted by Crippen LogP contribution is 2.32. The van der Waals surface area contributed by atoms with Gasteiger partial charge in [-0.1, -0.05) is 86.3 Å². The zero-order chi connectivity index (χ0) is 78.2. The summed E-state index contributed by atoms with van der Waals surface area (Å²) in [4.78, 5) is 211. The number of nitrogens with one attached hydrogen (secondary N) is 10. The first kappa shape index (κ1) is 92.6. The fourth-order valence-electron chi connectivity index (χ4n) is 11.6. The Morgan fingerprint density at radius 2 is 1.14 bits per heavy atom. The van der Waals surface area contributed by atoms with E-state index < -0.39 is 198 Å². The molecular weight excluding hydrogens is 1360 g/mol. The quantitative estimate of drug-likeness (QED) is 0.0184. The smallest absolute Gasteiger partial charge is 0.303 e. The van der Waals surface area contributed by atoms with Crippen LogP contribution >= 0.6 is 11.8 Å². The molecule has 0 unspecified atom stereocenters. The first-order chi connectivity index (χ1) is 48.3. The number of thioether (sulfide) groups is 1. The van der Waals surface area contributed by atoms with Gasteiger partial charge in [0, 0.05) is 32.7 Å². The molecule has 0 bridgehead atoms. The second-order valence-electron chi connectivity index (χ2n) is 28.0. The number of amides is 12. The van der Waals surface area contributed by atoms with Crippen LogP contribution in [0.3, 0.4) is 0 Å². The van der Waals surface area contributed by atoms with Gasteiger partial charge in [0.2, 0.25) is 70.9 Å². The number of ketones is 1. The molecule has 1 heterocycles. The highest BCUT2D eigenvalue weighted by atomic mass is 32.2. The lowest BCUT2D eigenvalue weighted by atomic mass is 9.77. The van der Waals surface area contributed by atoms with Crippen molar-refractivity contribution in [1.29, 1.82) is 0 Å². The van der Waals surface area contributed by atoms with Gasteiger partial charge in [-0.05, 0) is 146 Å². The Labute approximate surface area is 609 Å². The molecule has 34 heteroatoms. The van der Waals surface area contributed by atoms with E-state index in [4.69, 9.17) is 28.7 Å². The number of carbonyl (C=O) groups is 15. The predicted molar refractivity (Wildman–Crippen MR) is 389 cm³/mol. The van der Waals surface area contributed by atoms with Crippen LogP contribution < -0.4 is 81.8 Å². The van der Waals surface area contributed by atoms with E-state index in [0.29, 0.717) is 50.7 Å². The van der Waals surface area contributed by atoms with E-state index in [9.17, 15) is 72.5 Å². The standard InChI is InChI=1S/C69H120N16O17S/c1-11-42(6)56-64(100)79-45(24-19-22-33-70)58(94)78-47(26-28-54(89)90)59(95)80-49(36-40(2)3)52(87)39-68(8,65(101)83-51(38-53(71)88)63(99)81-50(37-41(4)5)62(98)76-44(57(72)93)30-35-103-10)31-20-17-15-13-12-14-16-18-21-32-69(9,85-43(7)86)66(102)82-48(27-29-55(91)92)60(96)77-46(61(97)84-56)25-23-34-75-67(73)74/h13,15,40-42,44-51,56H,11-12,14,16-39,70H2,1-10H3,(H2,71,88)(H2,72,93)(H,76,98)(H,77,96)(H,78,94)(H,79,100)(H,80,95)(H,81,99)(H,82,102)(H,83,101)(H,84,97)(H,85,86)(H,89,90)(H,91,92)(H4,73,74,75)/t42-,44-,45-,46-,47-,48-,49-,50-,51-,56-,68+,69+/m0/s1. The summed E-state index contributed by atoms with van der Waals surface area (Å²) in [5.41, 5.74) is 24.9. The van der Waals surface area contributed by atoms with E-state index in [1.165, 1.54) is 32.5 Å². The maximum absolute atomic E-state index is 15.0. The van der Waals surface area contributed by atoms with Gasteiger partial charge in [0.1, 0.15) is 53.9 Å². The van der Waals surface area contributed by atoms with E-state index in [1.807, 2.05) is 12.2 Å². The number of nitrogens with zero attached hydrogens (tertiary/aromatic N) is 1. The summed E-state index contributed by atoms with van der Waals surface area (Å²) in [6.07, 6.45) is 6.32. The number of allylic oxidation sites excluding steroid dienone is 2. The van der Waals surface area contributed by atoms with Crippen molar-refractivity contribution < 1.29 is 82.1 Å². The number of aliphatic imine (C=N–C) groups is 1. The summed E-state index contributed by atoms with van der Waals surface area (Å²) in [6.45, 7) is 14.7. The maximum Gasteiger partial charge on any atom is 0.303 e. The lowest BCUT2D eigenvalue weighted by molar-refractivity contribution is -0.140. The Morgan fingerprint density at radius 3 is 1.65 bits per heavy atom. The van der Waals surface area contributed by atoms with Crippen molar-refractivity contribution in [2.75, 3.05) is 25.1 Å². The Bertz CT molecular complexity index is 2910. The Morgan fingerprint density at radius 1 is 0.621 bits per heavy atom. The van der Waals surface area contributed by atoms with Crippen LogP contribution in [0.5, 0.6) is 0 Å². The number of unbranched alkanes of at least 4 members (excludes halogenated alkanes) is 1. The molecule has 1 aliphatic rings. The number of hydrogen-bond acceptors (Lipinski definition) is 18. The molecule has 0 aromatic rings. The van der Waals surface area contributed by atoms with Crippen LogP contribution in [0.15, 0.2) is 17.1 Å². The zero-order valence-corrected chi connectivity index (χ0v) is 62.8. The number of rotatable bonds is 33. The van der Waals surface area contributed by atoms with E-state index >= 15 is 9.59 Å². The van der Waals surface area contributed by atoms with E-state index in [0.717, 1.165) is 0 Å². The third kappa shape index (κ3) is 37.0. The number of carbonyl (C=O) groups excluding carboxylic acids is 13. The number of primary amides is 2. The van der Waals surface area contributed by atoms with E-state index in [-0.39, 0.29) is 102 Å². The Hall–Kier alpha value is -8.43. The first-order valence-corrected chi connectivity index (χ1v) is 37.2. The Balaban J connectivity index is 4.25. The van der Waals surface area contributed by atoms with Crippen molar-refractivity contribution in [3.63, 3.8) is 0 Å². The number of carboxylic acids is 2. The molecule has 0 radical (unpaired) electrons. The van der Waals surface area contributed by atoms with Gasteiger partial charge in [0.25, 0.3) is 0 Å². The number of aliphatic carboxylic acids is 2. The number of carboxylic acid groups (broad SMARTS) is 2. The average Bonchev–Trinajstić information content (AvgIpc) is 0.839. The molecule has 103 heavy (non-hydrogen) atoms. The fraction of sp³-hybridized carbons (Fsp3) is 0.739. The van der Waals surface area contributed by atoms with Crippen LogP contribution in [0.1, 0.15) is 216 Å². The maximum atomic E-state index is 15.0. The minimum Gasteiger partial charge on any atom is -0.481 e. The first-order valence-electron chi connectivity index (χ1n) is 35.8. The topological polar surface area (TPSA) is 559 Å². The summed E-state index contributed by atoms with van der Waals surface area (Å²) in [5.74, 6) is -15.0. The van der Waals surface area contributed by atoms with Crippen molar-refractivity contribution in [2.45, 2.75) is 276 Å². The van der Waals surface area contributed by atoms with Gasteiger partial charge in [-0.2, -0.15) is 11.8 Å². The van der Waals surface area contributed by atoms with Crippen LogP contribution in [0.25, 0.3) is 0 Å². The third-order valence-corrected chi connectivity index (χ3v) is 18.3. The predicted octanol–water partition coefficient (Wildman–Crippen LogP) is 0.455. The van der Waals surface area contributed by atoms with Crippen molar-refractivity contribution in [3.8, 4) is 0 Å². The molecule has 1 rings (SSSR count).